The summed E-state index contributed by atoms with van der Waals surface area (Å²) in [7, 11) is 2.07. The second-order valence-electron chi connectivity index (χ2n) is 4.43. The van der Waals surface area contributed by atoms with E-state index in [9.17, 15) is 9.65 Å². The molecule has 0 aliphatic carbocycles. The van der Waals surface area contributed by atoms with Crippen molar-refractivity contribution < 1.29 is 4.39 Å². The lowest BCUT2D eigenvalue weighted by atomic mass is 10.1. The van der Waals surface area contributed by atoms with Crippen LogP contribution in [0.1, 0.15) is 11.6 Å². The van der Waals surface area contributed by atoms with E-state index in [0.717, 1.165) is 31.7 Å². The predicted octanol–water partition coefficient (Wildman–Crippen LogP) is 2.06. The van der Waals surface area contributed by atoms with Crippen LogP contribution in [0, 0.1) is 17.1 Å². The van der Waals surface area contributed by atoms with E-state index in [1.165, 1.54) is 12.1 Å². The van der Waals surface area contributed by atoms with Crippen LogP contribution in [0.5, 0.6) is 0 Å². The van der Waals surface area contributed by atoms with Crippen LogP contribution in [0.25, 0.3) is 0 Å². The smallest absolute Gasteiger partial charge is 0.124 e. The molecule has 0 bridgehead atoms. The molecule has 0 amide bonds. The Morgan fingerprint density at radius 2 is 1.94 bits per heavy atom. The highest BCUT2D eigenvalue weighted by molar-refractivity contribution is 5.85. The maximum absolute atomic E-state index is 13.2. The molecule has 1 aliphatic heterocycles. The molecule has 0 saturated carbocycles. The van der Waals surface area contributed by atoms with Crippen LogP contribution < -0.4 is 0 Å². The normalized spacial score (nSPS) is 18.7. The van der Waals surface area contributed by atoms with Crippen molar-refractivity contribution in [1.29, 1.82) is 5.26 Å². The van der Waals surface area contributed by atoms with Crippen molar-refractivity contribution in [2.75, 3.05) is 33.2 Å². The number of rotatable bonds is 2. The quantitative estimate of drug-likeness (QED) is 0.823. The summed E-state index contributed by atoms with van der Waals surface area (Å²) in [6.45, 7) is 3.61. The summed E-state index contributed by atoms with van der Waals surface area (Å²) in [4.78, 5) is 4.34. The first-order valence-corrected chi connectivity index (χ1v) is 5.78. The highest BCUT2D eigenvalue weighted by Gasteiger charge is 2.23. The van der Waals surface area contributed by atoms with Gasteiger partial charge in [-0.1, -0.05) is 12.1 Å². The molecule has 1 aromatic rings. The van der Waals surface area contributed by atoms with Crippen molar-refractivity contribution in [1.82, 2.24) is 9.80 Å². The number of benzene rings is 1. The second-order valence-corrected chi connectivity index (χ2v) is 4.43. The monoisotopic (exact) mass is 269 g/mol. The Balaban J connectivity index is 0.00000162. The first-order chi connectivity index (χ1) is 8.20. The lowest BCUT2D eigenvalue weighted by molar-refractivity contribution is 0.132. The summed E-state index contributed by atoms with van der Waals surface area (Å²) in [5, 5.41) is 9.26. The van der Waals surface area contributed by atoms with Crippen LogP contribution >= 0.6 is 12.4 Å². The van der Waals surface area contributed by atoms with E-state index in [-0.39, 0.29) is 24.3 Å². The van der Waals surface area contributed by atoms with Gasteiger partial charge in [-0.15, -0.1) is 12.4 Å². The van der Waals surface area contributed by atoms with Crippen LogP contribution in [-0.2, 0) is 0 Å². The molecular weight excluding hydrogens is 253 g/mol. The van der Waals surface area contributed by atoms with Crippen molar-refractivity contribution in [3.05, 3.63) is 35.6 Å². The number of piperazine rings is 1. The van der Waals surface area contributed by atoms with Crippen molar-refractivity contribution in [3.63, 3.8) is 0 Å². The van der Waals surface area contributed by atoms with Crippen molar-refractivity contribution in [2.24, 2.45) is 0 Å². The minimum atomic E-state index is -0.334. The first-order valence-electron chi connectivity index (χ1n) is 5.78. The molecule has 1 aromatic carbocycles. The van der Waals surface area contributed by atoms with E-state index < -0.39 is 0 Å². The van der Waals surface area contributed by atoms with E-state index >= 15 is 0 Å². The van der Waals surface area contributed by atoms with Gasteiger partial charge in [0.25, 0.3) is 0 Å². The number of nitrogens with zero attached hydrogens (tertiary/aromatic N) is 3. The summed E-state index contributed by atoms with van der Waals surface area (Å²) in [5.74, 6) is -0.281. The van der Waals surface area contributed by atoms with Gasteiger partial charge >= 0.3 is 0 Å². The average molecular weight is 270 g/mol. The van der Waals surface area contributed by atoms with Gasteiger partial charge in [-0.05, 0) is 24.7 Å². The Morgan fingerprint density at radius 3 is 2.50 bits per heavy atom. The average Bonchev–Trinajstić information content (AvgIpc) is 2.33. The second kappa shape index (κ2) is 6.69. The molecule has 18 heavy (non-hydrogen) atoms. The fourth-order valence-corrected chi connectivity index (χ4v) is 2.12. The molecule has 0 N–H and O–H groups in total. The Bertz CT molecular complexity index is 424. The van der Waals surface area contributed by atoms with Gasteiger partial charge in [-0.25, -0.2) is 4.39 Å². The lowest BCUT2D eigenvalue weighted by Gasteiger charge is -2.35. The Hall–Kier alpha value is -1.15. The first kappa shape index (κ1) is 14.9. The van der Waals surface area contributed by atoms with Gasteiger partial charge in [0.05, 0.1) is 6.07 Å². The highest BCUT2D eigenvalue weighted by atomic mass is 35.5. The van der Waals surface area contributed by atoms with Crippen LogP contribution in [0.2, 0.25) is 0 Å². The Labute approximate surface area is 113 Å². The fourth-order valence-electron chi connectivity index (χ4n) is 2.12. The van der Waals surface area contributed by atoms with Crippen LogP contribution in [0.15, 0.2) is 24.3 Å². The van der Waals surface area contributed by atoms with Gasteiger partial charge in [-0.2, -0.15) is 5.26 Å². The maximum Gasteiger partial charge on any atom is 0.124 e. The lowest BCUT2D eigenvalue weighted by Crippen LogP contribution is -2.45. The minimum absolute atomic E-state index is 0. The van der Waals surface area contributed by atoms with Crippen molar-refractivity contribution in [3.8, 4) is 6.07 Å². The number of hydrogen-bond acceptors (Lipinski definition) is 3. The summed E-state index contributed by atoms with van der Waals surface area (Å²) in [6, 6.07) is 8.26. The van der Waals surface area contributed by atoms with Gasteiger partial charge in [-0.3, -0.25) is 4.90 Å². The molecule has 1 saturated heterocycles. The van der Waals surface area contributed by atoms with E-state index in [1.807, 2.05) is 6.07 Å². The minimum Gasteiger partial charge on any atom is -0.304 e. The van der Waals surface area contributed by atoms with E-state index in [0.29, 0.717) is 0 Å². The largest absolute Gasteiger partial charge is 0.304 e. The Morgan fingerprint density at radius 1 is 1.28 bits per heavy atom. The van der Waals surface area contributed by atoms with Gasteiger partial charge in [0.2, 0.25) is 0 Å². The molecule has 1 aliphatic rings. The molecule has 98 valence electrons. The van der Waals surface area contributed by atoms with Gasteiger partial charge in [0.1, 0.15) is 11.9 Å². The third-order valence-electron chi connectivity index (χ3n) is 3.19. The number of nitriles is 1. The molecule has 1 heterocycles. The number of halogens is 2. The van der Waals surface area contributed by atoms with Crippen LogP contribution in [0.4, 0.5) is 4.39 Å². The van der Waals surface area contributed by atoms with E-state index in [2.05, 4.69) is 22.9 Å². The zero-order valence-corrected chi connectivity index (χ0v) is 11.2. The molecule has 1 fully saturated rings. The summed E-state index contributed by atoms with van der Waals surface area (Å²) < 4.78 is 13.2. The maximum atomic E-state index is 13.2. The Kier molecular flexibility index (Phi) is 5.54. The van der Waals surface area contributed by atoms with Gasteiger partial charge < -0.3 is 4.90 Å². The van der Waals surface area contributed by atoms with Crippen LogP contribution in [0.3, 0.4) is 0 Å². The van der Waals surface area contributed by atoms with E-state index in [1.54, 1.807) is 6.07 Å². The topological polar surface area (TPSA) is 30.3 Å². The molecular formula is C13H17ClFN3. The fraction of sp³-hybridized carbons (Fsp3) is 0.462. The number of likely N-dealkylation sites (N-methyl/N-ethyl adjacent to an activating group) is 1. The van der Waals surface area contributed by atoms with Crippen molar-refractivity contribution in [2.45, 2.75) is 6.04 Å². The highest BCUT2D eigenvalue weighted by Crippen LogP contribution is 2.21. The third kappa shape index (κ3) is 3.42. The molecule has 0 aromatic heterocycles. The zero-order valence-electron chi connectivity index (χ0n) is 10.3. The molecule has 1 unspecified atom stereocenters. The van der Waals surface area contributed by atoms with Crippen LogP contribution in [-0.4, -0.2) is 43.0 Å². The molecule has 1 atom stereocenters. The van der Waals surface area contributed by atoms with Gasteiger partial charge in [0, 0.05) is 26.2 Å². The molecule has 3 nitrogen and oxygen atoms in total. The number of hydrogen-bond donors (Lipinski definition) is 0. The molecule has 0 radical (unpaired) electrons. The molecule has 0 spiro atoms. The predicted molar refractivity (Wildman–Crippen MR) is 71.1 cm³/mol. The summed E-state index contributed by atoms with van der Waals surface area (Å²) >= 11 is 0. The summed E-state index contributed by atoms with van der Waals surface area (Å²) in [6.07, 6.45) is 0. The van der Waals surface area contributed by atoms with Crippen molar-refractivity contribution >= 4 is 12.4 Å². The standard InChI is InChI=1S/C13H16FN3.ClH/c1-16-5-7-17(8-6-16)13(10-15)11-3-2-4-12(14)9-11;/h2-4,9,13H,5-8H2,1H3;1H. The summed E-state index contributed by atoms with van der Waals surface area (Å²) in [5.41, 5.74) is 0.747. The third-order valence-corrected chi connectivity index (χ3v) is 3.19. The zero-order chi connectivity index (χ0) is 12.3. The molecule has 2 rings (SSSR count). The van der Waals surface area contributed by atoms with Gasteiger partial charge in [0.15, 0.2) is 0 Å². The SMILES string of the molecule is CN1CCN(C(C#N)c2cccc(F)c2)CC1.Cl. The molecule has 5 heteroatoms. The van der Waals surface area contributed by atoms with E-state index in [4.69, 9.17) is 0 Å².